The normalized spacial score (nSPS) is 14.1. The lowest BCUT2D eigenvalue weighted by molar-refractivity contribution is -0.139. The Hall–Kier alpha value is -3.02. The highest BCUT2D eigenvalue weighted by molar-refractivity contribution is 6.04. The first-order valence-electron chi connectivity index (χ1n) is 7.52. The molecular formula is C18H15FN2O3. The van der Waals surface area contributed by atoms with Gasteiger partial charge in [-0.2, -0.15) is 0 Å². The van der Waals surface area contributed by atoms with Gasteiger partial charge >= 0.3 is 0 Å². The first kappa shape index (κ1) is 15.9. The smallest absolute Gasteiger partial charge is 0.258 e. The summed E-state index contributed by atoms with van der Waals surface area (Å²) < 4.78 is 13.6. The van der Waals surface area contributed by atoms with Crippen LogP contribution in [0.2, 0.25) is 0 Å². The molecule has 0 aromatic heterocycles. The van der Waals surface area contributed by atoms with Crippen molar-refractivity contribution in [3.8, 4) is 0 Å². The Kier molecular flexibility index (Phi) is 4.37. The minimum absolute atomic E-state index is 0.0326. The molecule has 3 amide bonds. The third kappa shape index (κ3) is 3.32. The molecule has 0 atom stereocenters. The zero-order valence-electron chi connectivity index (χ0n) is 12.8. The van der Waals surface area contributed by atoms with Gasteiger partial charge in [-0.25, -0.2) is 4.39 Å². The third-order valence-electron chi connectivity index (χ3n) is 3.83. The molecule has 0 spiro atoms. The van der Waals surface area contributed by atoms with Crippen LogP contribution < -0.4 is 5.32 Å². The van der Waals surface area contributed by atoms with Crippen molar-refractivity contribution in [1.82, 2.24) is 4.90 Å². The van der Waals surface area contributed by atoms with Gasteiger partial charge < -0.3 is 5.32 Å². The van der Waals surface area contributed by atoms with Crippen molar-refractivity contribution in [3.63, 3.8) is 0 Å². The fourth-order valence-electron chi connectivity index (χ4n) is 2.52. The summed E-state index contributed by atoms with van der Waals surface area (Å²) in [5, 5.41) is 2.61. The van der Waals surface area contributed by atoms with Crippen LogP contribution >= 0.6 is 0 Å². The minimum atomic E-state index is -0.585. The van der Waals surface area contributed by atoms with Gasteiger partial charge in [0.1, 0.15) is 5.82 Å². The van der Waals surface area contributed by atoms with Crippen molar-refractivity contribution in [1.29, 1.82) is 0 Å². The maximum Gasteiger partial charge on any atom is 0.258 e. The molecule has 1 N–H and O–H groups in total. The number of carbonyl (C=O) groups excluding carboxylic acids is 3. The molecule has 0 unspecified atom stereocenters. The third-order valence-corrected chi connectivity index (χ3v) is 3.83. The van der Waals surface area contributed by atoms with E-state index in [1.807, 2.05) is 0 Å². The fraction of sp³-hybridized carbons (Fsp3) is 0.167. The molecule has 0 bridgehead atoms. The number of benzene rings is 2. The summed E-state index contributed by atoms with van der Waals surface area (Å²) in [6.45, 7) is 0.221. The molecule has 1 aliphatic heterocycles. The Morgan fingerprint density at radius 1 is 1.00 bits per heavy atom. The molecule has 0 saturated carbocycles. The van der Waals surface area contributed by atoms with E-state index in [-0.39, 0.29) is 36.8 Å². The highest BCUT2D eigenvalue weighted by atomic mass is 19.1. The molecule has 3 rings (SSSR count). The van der Waals surface area contributed by atoms with Crippen LogP contribution in [0.1, 0.15) is 28.8 Å². The second-order valence-electron chi connectivity index (χ2n) is 5.50. The Morgan fingerprint density at radius 3 is 2.25 bits per heavy atom. The Labute approximate surface area is 138 Å². The highest BCUT2D eigenvalue weighted by Gasteiger charge is 2.28. The molecule has 6 heteroatoms. The van der Waals surface area contributed by atoms with Gasteiger partial charge in [0.05, 0.1) is 12.1 Å². The number of rotatable bonds is 4. The summed E-state index contributed by atoms with van der Waals surface area (Å²) in [6, 6.07) is 12.5. The lowest BCUT2D eigenvalue weighted by Gasteiger charge is -2.14. The average Bonchev–Trinajstić information content (AvgIpc) is 2.89. The van der Waals surface area contributed by atoms with E-state index in [1.54, 1.807) is 30.3 Å². The summed E-state index contributed by atoms with van der Waals surface area (Å²) in [5.74, 6) is -1.46. The summed E-state index contributed by atoms with van der Waals surface area (Å²) in [7, 11) is 0. The monoisotopic (exact) mass is 326 g/mol. The second kappa shape index (κ2) is 6.62. The first-order chi connectivity index (χ1) is 11.5. The number of halogens is 1. The molecule has 122 valence electrons. The van der Waals surface area contributed by atoms with Gasteiger partial charge in [0.25, 0.3) is 5.91 Å². The number of likely N-dealkylation sites (tertiary alicyclic amines) is 1. The van der Waals surface area contributed by atoms with E-state index in [0.717, 1.165) is 5.56 Å². The number of amides is 3. The number of anilines is 1. The van der Waals surface area contributed by atoms with E-state index in [4.69, 9.17) is 0 Å². The lowest BCUT2D eigenvalue weighted by Crippen LogP contribution is -2.28. The minimum Gasteiger partial charge on any atom is -0.322 e. The summed E-state index contributed by atoms with van der Waals surface area (Å²) >= 11 is 0. The quantitative estimate of drug-likeness (QED) is 0.879. The first-order valence-corrected chi connectivity index (χ1v) is 7.52. The van der Waals surface area contributed by atoms with Gasteiger partial charge in [-0.15, -0.1) is 0 Å². The van der Waals surface area contributed by atoms with Crippen molar-refractivity contribution in [2.75, 3.05) is 5.32 Å². The molecule has 1 aliphatic rings. The van der Waals surface area contributed by atoms with E-state index in [1.165, 1.54) is 23.1 Å². The molecule has 5 nitrogen and oxygen atoms in total. The predicted octanol–water partition coefficient (Wildman–Crippen LogP) is 2.73. The van der Waals surface area contributed by atoms with Crippen LogP contribution in [0.15, 0.2) is 48.5 Å². The lowest BCUT2D eigenvalue weighted by atomic mass is 10.1. The zero-order valence-corrected chi connectivity index (χ0v) is 12.8. The van der Waals surface area contributed by atoms with Gasteiger partial charge in [0.2, 0.25) is 11.8 Å². The van der Waals surface area contributed by atoms with Gasteiger partial charge in [-0.1, -0.05) is 24.3 Å². The molecule has 0 radical (unpaired) electrons. The van der Waals surface area contributed by atoms with E-state index in [2.05, 4.69) is 5.32 Å². The standard InChI is InChI=1S/C18H15FN2O3/c19-15-4-2-1-3-14(15)18(24)20-13-7-5-12(6-8-13)11-21-16(22)9-10-17(21)23/h1-8H,9-11H2,(H,20,24). The van der Waals surface area contributed by atoms with E-state index in [0.29, 0.717) is 5.69 Å². The van der Waals surface area contributed by atoms with E-state index >= 15 is 0 Å². The molecule has 2 aromatic rings. The van der Waals surface area contributed by atoms with Gasteiger partial charge in [-0.05, 0) is 29.8 Å². The maximum absolute atomic E-state index is 13.6. The number of hydrogen-bond donors (Lipinski definition) is 1. The molecule has 0 aliphatic carbocycles. The van der Waals surface area contributed by atoms with Crippen LogP contribution in [0.4, 0.5) is 10.1 Å². The van der Waals surface area contributed by atoms with Crippen LogP contribution in [0.5, 0.6) is 0 Å². The average molecular weight is 326 g/mol. The number of hydrogen-bond acceptors (Lipinski definition) is 3. The Balaban J connectivity index is 1.67. The van der Waals surface area contributed by atoms with E-state index in [9.17, 15) is 18.8 Å². The summed E-state index contributed by atoms with van der Waals surface area (Å²) in [5.41, 5.74) is 1.25. The summed E-state index contributed by atoms with van der Waals surface area (Å²) in [4.78, 5) is 36.5. The van der Waals surface area contributed by atoms with Gasteiger partial charge in [-0.3, -0.25) is 19.3 Å². The number of nitrogens with one attached hydrogen (secondary N) is 1. The van der Waals surface area contributed by atoms with E-state index < -0.39 is 11.7 Å². The SMILES string of the molecule is O=C(Nc1ccc(CN2C(=O)CCC2=O)cc1)c1ccccc1F. The van der Waals surface area contributed by atoms with Crippen LogP contribution in [0.3, 0.4) is 0 Å². The Morgan fingerprint density at radius 2 is 1.62 bits per heavy atom. The summed E-state index contributed by atoms with van der Waals surface area (Å²) in [6.07, 6.45) is 0.519. The largest absolute Gasteiger partial charge is 0.322 e. The maximum atomic E-state index is 13.6. The number of nitrogens with zero attached hydrogens (tertiary/aromatic N) is 1. The van der Waals surface area contributed by atoms with Crippen LogP contribution in [0, 0.1) is 5.82 Å². The second-order valence-corrected chi connectivity index (χ2v) is 5.50. The molecule has 1 heterocycles. The van der Waals surface area contributed by atoms with Crippen LogP contribution in [-0.4, -0.2) is 22.6 Å². The van der Waals surface area contributed by atoms with Crippen molar-refractivity contribution >= 4 is 23.4 Å². The van der Waals surface area contributed by atoms with Gasteiger partial charge in [0, 0.05) is 18.5 Å². The topological polar surface area (TPSA) is 66.5 Å². The molecular weight excluding hydrogens is 311 g/mol. The van der Waals surface area contributed by atoms with Crippen LogP contribution in [-0.2, 0) is 16.1 Å². The predicted molar refractivity (Wildman–Crippen MR) is 85.6 cm³/mol. The number of carbonyl (C=O) groups is 3. The highest BCUT2D eigenvalue weighted by Crippen LogP contribution is 2.18. The van der Waals surface area contributed by atoms with Crippen molar-refractivity contribution in [2.45, 2.75) is 19.4 Å². The van der Waals surface area contributed by atoms with Crippen molar-refractivity contribution in [3.05, 3.63) is 65.5 Å². The van der Waals surface area contributed by atoms with Crippen LogP contribution in [0.25, 0.3) is 0 Å². The molecule has 2 aromatic carbocycles. The molecule has 24 heavy (non-hydrogen) atoms. The van der Waals surface area contributed by atoms with Gasteiger partial charge in [0.15, 0.2) is 0 Å². The molecule has 1 saturated heterocycles. The fourth-order valence-corrected chi connectivity index (χ4v) is 2.52. The molecule has 1 fully saturated rings. The van der Waals surface area contributed by atoms with Crippen molar-refractivity contribution in [2.24, 2.45) is 0 Å². The zero-order chi connectivity index (χ0) is 17.1. The Bertz CT molecular complexity index is 786. The van der Waals surface area contributed by atoms with Crippen molar-refractivity contribution < 1.29 is 18.8 Å². The number of imide groups is 1.